The van der Waals surface area contributed by atoms with Gasteiger partial charge >= 0.3 is 12.0 Å². The smallest absolute Gasteiger partial charge is 0.325 e. The van der Waals surface area contributed by atoms with E-state index in [1.54, 1.807) is 0 Å². The molecule has 6 nitrogen and oxygen atoms in total. The van der Waals surface area contributed by atoms with Crippen LogP contribution >= 0.6 is 0 Å². The third-order valence-electron chi connectivity index (χ3n) is 3.31. The third-order valence-corrected chi connectivity index (χ3v) is 3.31. The van der Waals surface area contributed by atoms with Crippen LogP contribution in [0.15, 0.2) is 24.3 Å². The molecular weight excluding hydrogens is 258 g/mol. The number of benzene rings is 1. The largest absolute Gasteiger partial charge is 0.480 e. The lowest BCUT2D eigenvalue weighted by atomic mass is 10.2. The molecule has 2 amide bonds. The Bertz CT molecular complexity index is 481. The van der Waals surface area contributed by atoms with Gasteiger partial charge in [-0.3, -0.25) is 4.79 Å². The number of nitrogens with one attached hydrogen (secondary N) is 2. The maximum absolute atomic E-state index is 11.6. The zero-order valence-electron chi connectivity index (χ0n) is 11.4. The van der Waals surface area contributed by atoms with E-state index in [9.17, 15) is 9.59 Å². The summed E-state index contributed by atoms with van der Waals surface area (Å²) in [5, 5.41) is 13.7. The minimum atomic E-state index is -1.07. The Kier molecular flexibility index (Phi) is 4.45. The maximum atomic E-state index is 11.6. The summed E-state index contributed by atoms with van der Waals surface area (Å²) >= 11 is 0. The first-order valence-corrected chi connectivity index (χ1v) is 6.71. The molecule has 3 N–H and O–H groups in total. The van der Waals surface area contributed by atoms with E-state index in [1.807, 2.05) is 24.3 Å². The normalized spacial score (nSPS) is 15.8. The molecule has 0 saturated carbocycles. The fraction of sp³-hybridized carbons (Fsp3) is 0.429. The summed E-state index contributed by atoms with van der Waals surface area (Å²) in [6.07, 6.45) is 2.44. The molecule has 1 aromatic rings. The quantitative estimate of drug-likeness (QED) is 0.785. The van der Waals surface area contributed by atoms with Crippen molar-refractivity contribution in [2.24, 2.45) is 0 Å². The van der Waals surface area contributed by atoms with Gasteiger partial charge in [0.2, 0.25) is 0 Å². The van der Waals surface area contributed by atoms with Gasteiger partial charge in [-0.1, -0.05) is 0 Å². The number of amides is 2. The lowest BCUT2D eigenvalue weighted by Crippen LogP contribution is -2.40. The standard InChI is InChI=1S/C14H19N3O3/c1-10(13(18)19)15-14(20)16-11-4-6-12(7-5-11)17-8-2-3-9-17/h4-7,10H,2-3,8-9H2,1H3,(H,18,19)(H2,15,16,20). The minimum absolute atomic E-state index is 0.520. The zero-order valence-corrected chi connectivity index (χ0v) is 11.4. The average molecular weight is 277 g/mol. The van der Waals surface area contributed by atoms with Crippen LogP contribution in [0.4, 0.5) is 16.2 Å². The van der Waals surface area contributed by atoms with Crippen molar-refractivity contribution < 1.29 is 14.7 Å². The predicted molar refractivity (Wildman–Crippen MR) is 77.1 cm³/mol. The zero-order chi connectivity index (χ0) is 14.5. The van der Waals surface area contributed by atoms with Crippen LogP contribution in [0, 0.1) is 0 Å². The molecule has 1 aliphatic rings. The van der Waals surface area contributed by atoms with E-state index in [-0.39, 0.29) is 0 Å². The second-order valence-electron chi connectivity index (χ2n) is 4.90. The van der Waals surface area contributed by atoms with Crippen LogP contribution in [0.1, 0.15) is 19.8 Å². The van der Waals surface area contributed by atoms with Crippen molar-refractivity contribution in [3.8, 4) is 0 Å². The first-order valence-electron chi connectivity index (χ1n) is 6.71. The van der Waals surface area contributed by atoms with Crippen molar-refractivity contribution in [1.82, 2.24) is 5.32 Å². The fourth-order valence-corrected chi connectivity index (χ4v) is 2.16. The lowest BCUT2D eigenvalue weighted by Gasteiger charge is -2.18. The van der Waals surface area contributed by atoms with Gasteiger partial charge in [0.1, 0.15) is 6.04 Å². The molecule has 1 heterocycles. The van der Waals surface area contributed by atoms with Gasteiger partial charge in [0.05, 0.1) is 0 Å². The second kappa shape index (κ2) is 6.27. The van der Waals surface area contributed by atoms with Gasteiger partial charge in [-0.25, -0.2) is 4.79 Å². The Morgan fingerprint density at radius 1 is 1.20 bits per heavy atom. The van der Waals surface area contributed by atoms with E-state index in [2.05, 4.69) is 15.5 Å². The predicted octanol–water partition coefficient (Wildman–Crippen LogP) is 1.88. The molecule has 2 rings (SSSR count). The summed E-state index contributed by atoms with van der Waals surface area (Å²) in [7, 11) is 0. The monoisotopic (exact) mass is 277 g/mol. The molecule has 6 heteroatoms. The summed E-state index contributed by atoms with van der Waals surface area (Å²) in [6, 6.07) is 6.12. The number of aliphatic carboxylic acids is 1. The van der Waals surface area contributed by atoms with Crippen molar-refractivity contribution in [2.75, 3.05) is 23.3 Å². The highest BCUT2D eigenvalue weighted by Gasteiger charge is 2.14. The van der Waals surface area contributed by atoms with Gasteiger partial charge in [-0.15, -0.1) is 0 Å². The minimum Gasteiger partial charge on any atom is -0.480 e. The molecule has 1 aliphatic heterocycles. The Hall–Kier alpha value is -2.24. The number of rotatable bonds is 4. The van der Waals surface area contributed by atoms with E-state index in [0.29, 0.717) is 5.69 Å². The molecular formula is C14H19N3O3. The number of carbonyl (C=O) groups excluding carboxylic acids is 1. The molecule has 0 aliphatic carbocycles. The number of hydrogen-bond acceptors (Lipinski definition) is 3. The van der Waals surface area contributed by atoms with Crippen LogP contribution in [-0.4, -0.2) is 36.2 Å². The van der Waals surface area contributed by atoms with Crippen molar-refractivity contribution >= 4 is 23.4 Å². The van der Waals surface area contributed by atoms with Crippen molar-refractivity contribution in [3.05, 3.63) is 24.3 Å². The van der Waals surface area contributed by atoms with Gasteiger partial charge in [0, 0.05) is 24.5 Å². The van der Waals surface area contributed by atoms with Crippen LogP contribution in [0.5, 0.6) is 0 Å². The first kappa shape index (κ1) is 14.2. The highest BCUT2D eigenvalue weighted by atomic mass is 16.4. The summed E-state index contributed by atoms with van der Waals surface area (Å²) in [4.78, 5) is 24.5. The molecule has 1 saturated heterocycles. The maximum Gasteiger partial charge on any atom is 0.325 e. The Morgan fingerprint density at radius 2 is 1.80 bits per heavy atom. The number of carbonyl (C=O) groups is 2. The summed E-state index contributed by atoms with van der Waals surface area (Å²) in [5.41, 5.74) is 1.79. The summed E-state index contributed by atoms with van der Waals surface area (Å²) in [6.45, 7) is 3.56. The van der Waals surface area contributed by atoms with Crippen LogP contribution in [-0.2, 0) is 4.79 Å². The Labute approximate surface area is 117 Å². The topological polar surface area (TPSA) is 81.7 Å². The molecule has 0 radical (unpaired) electrons. The molecule has 108 valence electrons. The van der Waals surface area contributed by atoms with Gasteiger partial charge in [-0.2, -0.15) is 0 Å². The number of carboxylic acids is 1. The van der Waals surface area contributed by atoms with Crippen molar-refractivity contribution in [1.29, 1.82) is 0 Å². The van der Waals surface area contributed by atoms with E-state index in [1.165, 1.54) is 19.8 Å². The van der Waals surface area contributed by atoms with E-state index in [0.717, 1.165) is 18.8 Å². The van der Waals surface area contributed by atoms with E-state index in [4.69, 9.17) is 5.11 Å². The van der Waals surface area contributed by atoms with Gasteiger partial charge in [0.25, 0.3) is 0 Å². The highest BCUT2D eigenvalue weighted by Crippen LogP contribution is 2.21. The molecule has 1 fully saturated rings. The molecule has 1 unspecified atom stereocenters. The Balaban J connectivity index is 1.90. The molecule has 1 aromatic carbocycles. The molecule has 20 heavy (non-hydrogen) atoms. The van der Waals surface area contributed by atoms with Crippen LogP contribution < -0.4 is 15.5 Å². The van der Waals surface area contributed by atoms with Crippen molar-refractivity contribution in [2.45, 2.75) is 25.8 Å². The number of carboxylic acid groups (broad SMARTS) is 1. The van der Waals surface area contributed by atoms with Gasteiger partial charge < -0.3 is 20.6 Å². The number of hydrogen-bond donors (Lipinski definition) is 3. The van der Waals surface area contributed by atoms with Gasteiger partial charge in [0.15, 0.2) is 0 Å². The molecule has 1 atom stereocenters. The fourth-order valence-electron chi connectivity index (χ4n) is 2.16. The number of urea groups is 1. The second-order valence-corrected chi connectivity index (χ2v) is 4.90. The third kappa shape index (κ3) is 3.63. The number of anilines is 2. The van der Waals surface area contributed by atoms with Crippen LogP contribution in [0.2, 0.25) is 0 Å². The molecule has 0 aromatic heterocycles. The van der Waals surface area contributed by atoms with Crippen LogP contribution in [0.3, 0.4) is 0 Å². The molecule has 0 spiro atoms. The van der Waals surface area contributed by atoms with Crippen LogP contribution in [0.25, 0.3) is 0 Å². The SMILES string of the molecule is CC(NC(=O)Nc1ccc(N2CCCC2)cc1)C(=O)O. The van der Waals surface area contributed by atoms with E-state index >= 15 is 0 Å². The van der Waals surface area contributed by atoms with Gasteiger partial charge in [-0.05, 0) is 44.0 Å². The Morgan fingerprint density at radius 3 is 2.35 bits per heavy atom. The first-order chi connectivity index (χ1) is 9.56. The average Bonchev–Trinajstić information content (AvgIpc) is 2.93. The summed E-state index contributed by atoms with van der Waals surface area (Å²) in [5.74, 6) is -1.07. The number of nitrogens with zero attached hydrogens (tertiary/aromatic N) is 1. The lowest BCUT2D eigenvalue weighted by molar-refractivity contribution is -0.138. The molecule has 0 bridgehead atoms. The van der Waals surface area contributed by atoms with E-state index < -0.39 is 18.0 Å². The van der Waals surface area contributed by atoms with Crippen molar-refractivity contribution in [3.63, 3.8) is 0 Å². The highest BCUT2D eigenvalue weighted by molar-refractivity contribution is 5.92. The summed E-state index contributed by atoms with van der Waals surface area (Å²) < 4.78 is 0.